The predicted octanol–water partition coefficient (Wildman–Crippen LogP) is 2.65. The minimum absolute atomic E-state index is 0.0286. The van der Waals surface area contributed by atoms with E-state index in [1.165, 1.54) is 0 Å². The molecule has 114 valence electrons. The smallest absolute Gasteiger partial charge is 0.119 e. The van der Waals surface area contributed by atoms with Gasteiger partial charge < -0.3 is 14.0 Å². The average molecular weight is 298 g/mol. The van der Waals surface area contributed by atoms with Gasteiger partial charge in [-0.05, 0) is 36.9 Å². The van der Waals surface area contributed by atoms with Crippen LogP contribution >= 0.6 is 0 Å². The minimum atomic E-state index is -0.734. The van der Waals surface area contributed by atoms with E-state index in [1.807, 2.05) is 0 Å². The van der Waals surface area contributed by atoms with Crippen molar-refractivity contribution in [2.24, 2.45) is 11.8 Å². The summed E-state index contributed by atoms with van der Waals surface area (Å²) in [5.41, 5.74) is 0.0571. The monoisotopic (exact) mass is 298 g/mol. The molecule has 4 rings (SSSR count). The summed E-state index contributed by atoms with van der Waals surface area (Å²) < 4.78 is 24.8. The van der Waals surface area contributed by atoms with Crippen LogP contribution in [0, 0.1) is 11.8 Å². The zero-order chi connectivity index (χ0) is 14.3. The number of hydrogen-bond acceptors (Lipinski definition) is 3. The largest absolute Gasteiger partial charge is 0.616 e. The number of hydrogen-bond donors (Lipinski definition) is 0. The van der Waals surface area contributed by atoms with Gasteiger partial charge in [-0.1, -0.05) is 13.8 Å². The number of rotatable bonds is 2. The highest BCUT2D eigenvalue weighted by atomic mass is 32.2. The average Bonchev–Trinajstić information content (AvgIpc) is 3.22. The Labute approximate surface area is 125 Å². The molecule has 0 spiro atoms. The van der Waals surface area contributed by atoms with Crippen LogP contribution in [0.5, 0.6) is 0 Å². The highest BCUT2D eigenvalue weighted by molar-refractivity contribution is 7.92. The second-order valence-corrected chi connectivity index (χ2v) is 10.1. The second-order valence-electron chi connectivity index (χ2n) is 8.11. The van der Waals surface area contributed by atoms with Crippen molar-refractivity contribution in [3.8, 4) is 0 Å². The fourth-order valence-corrected chi connectivity index (χ4v) is 7.57. The van der Waals surface area contributed by atoms with Crippen LogP contribution in [0.4, 0.5) is 0 Å². The van der Waals surface area contributed by atoms with E-state index in [2.05, 4.69) is 27.7 Å². The molecule has 0 aromatic heterocycles. The van der Waals surface area contributed by atoms with Gasteiger partial charge in [-0.2, -0.15) is 0 Å². The minimum Gasteiger partial charge on any atom is -0.616 e. The van der Waals surface area contributed by atoms with Crippen LogP contribution in [0.25, 0.3) is 0 Å². The summed E-state index contributed by atoms with van der Waals surface area (Å²) >= 11 is -0.734. The number of fused-ring (bicyclic) bond motifs is 2. The highest BCUT2D eigenvalue weighted by Crippen LogP contribution is 2.55. The molecule has 2 aliphatic carbocycles. The lowest BCUT2D eigenvalue weighted by Crippen LogP contribution is -2.44. The molecular formula is C16H26O3S. The molecule has 2 aliphatic heterocycles. The molecule has 0 bridgehead atoms. The molecule has 0 aromatic carbocycles. The first kappa shape index (κ1) is 13.9. The molecule has 2 heterocycles. The molecule has 2 saturated heterocycles. The van der Waals surface area contributed by atoms with E-state index in [9.17, 15) is 4.55 Å². The standard InChI is InChI=1S/C16H26O3S/c1-9-5-11(7-15(3)13(9)18-15)20(17)12-6-10(2)14-16(4,8-12)19-14/h9-14H,5-8H2,1-4H3. The topological polar surface area (TPSA) is 48.1 Å². The van der Waals surface area contributed by atoms with Crippen LogP contribution in [-0.4, -0.2) is 38.5 Å². The molecule has 2 saturated carbocycles. The Balaban J connectivity index is 1.46. The summed E-state index contributed by atoms with van der Waals surface area (Å²) in [7, 11) is 0. The van der Waals surface area contributed by atoms with Crippen LogP contribution in [0.15, 0.2) is 0 Å². The molecule has 4 aliphatic rings. The van der Waals surface area contributed by atoms with Crippen molar-refractivity contribution < 1.29 is 14.0 Å². The summed E-state index contributed by atoms with van der Waals surface area (Å²) in [6.45, 7) is 8.90. The molecular weight excluding hydrogens is 272 g/mol. The van der Waals surface area contributed by atoms with E-state index >= 15 is 0 Å². The maximum Gasteiger partial charge on any atom is 0.119 e. The first-order valence-electron chi connectivity index (χ1n) is 8.07. The van der Waals surface area contributed by atoms with Crippen molar-refractivity contribution in [3.05, 3.63) is 0 Å². The van der Waals surface area contributed by atoms with Crippen molar-refractivity contribution >= 4 is 11.2 Å². The quantitative estimate of drug-likeness (QED) is 0.581. The first-order chi connectivity index (χ1) is 9.32. The van der Waals surface area contributed by atoms with Gasteiger partial charge in [0.1, 0.15) is 10.5 Å². The Morgan fingerprint density at radius 2 is 1.30 bits per heavy atom. The van der Waals surface area contributed by atoms with Gasteiger partial charge in [-0.3, -0.25) is 0 Å². The maximum absolute atomic E-state index is 13.1. The van der Waals surface area contributed by atoms with Crippen LogP contribution in [-0.2, 0) is 20.6 Å². The molecule has 3 nitrogen and oxygen atoms in total. The third-order valence-electron chi connectivity index (χ3n) is 6.11. The second kappa shape index (κ2) is 4.15. The van der Waals surface area contributed by atoms with E-state index in [1.54, 1.807) is 0 Å². The van der Waals surface area contributed by atoms with Crippen molar-refractivity contribution in [1.29, 1.82) is 0 Å². The van der Waals surface area contributed by atoms with Crippen LogP contribution in [0.1, 0.15) is 53.4 Å². The van der Waals surface area contributed by atoms with E-state index in [4.69, 9.17) is 9.47 Å². The fraction of sp³-hybridized carbons (Fsp3) is 1.00. The molecule has 0 amide bonds. The van der Waals surface area contributed by atoms with Crippen LogP contribution in [0.3, 0.4) is 0 Å². The van der Waals surface area contributed by atoms with Crippen LogP contribution in [0.2, 0.25) is 0 Å². The van der Waals surface area contributed by atoms with Gasteiger partial charge in [0.15, 0.2) is 0 Å². The molecule has 0 N–H and O–H groups in total. The van der Waals surface area contributed by atoms with Crippen molar-refractivity contribution in [2.75, 3.05) is 0 Å². The van der Waals surface area contributed by atoms with E-state index in [-0.39, 0.29) is 11.2 Å². The summed E-state index contributed by atoms with van der Waals surface area (Å²) in [6.07, 6.45) is 4.96. The lowest BCUT2D eigenvalue weighted by molar-refractivity contribution is 0.298. The fourth-order valence-electron chi connectivity index (χ4n) is 5.05. The summed E-state index contributed by atoms with van der Waals surface area (Å²) in [5.74, 6) is 1.12. The van der Waals surface area contributed by atoms with Gasteiger partial charge in [0.25, 0.3) is 0 Å². The molecule has 8 unspecified atom stereocenters. The Kier molecular flexibility index (Phi) is 2.88. The van der Waals surface area contributed by atoms with Gasteiger partial charge in [-0.25, -0.2) is 0 Å². The molecule has 0 aromatic rings. The third-order valence-corrected chi connectivity index (χ3v) is 8.14. The molecule has 8 atom stereocenters. The van der Waals surface area contributed by atoms with E-state index in [0.717, 1.165) is 25.7 Å². The van der Waals surface area contributed by atoms with Crippen molar-refractivity contribution in [3.63, 3.8) is 0 Å². The lowest BCUT2D eigenvalue weighted by Gasteiger charge is -2.36. The molecule has 4 fully saturated rings. The number of epoxide rings is 2. The zero-order valence-electron chi connectivity index (χ0n) is 12.9. The SMILES string of the molecule is CC1CC([S+]([O-])C2CC(C)C3OC3(C)C2)CC2(C)OC12. The Hall–Kier alpha value is 0.230. The Morgan fingerprint density at radius 3 is 1.65 bits per heavy atom. The molecule has 4 heteroatoms. The third kappa shape index (κ3) is 1.98. The van der Waals surface area contributed by atoms with Gasteiger partial charge >= 0.3 is 0 Å². The summed E-state index contributed by atoms with van der Waals surface area (Å²) in [6, 6.07) is 0. The highest BCUT2D eigenvalue weighted by Gasteiger charge is 2.64. The van der Waals surface area contributed by atoms with Gasteiger partial charge in [0.2, 0.25) is 0 Å². The van der Waals surface area contributed by atoms with Crippen LogP contribution < -0.4 is 0 Å². The number of ether oxygens (including phenoxy) is 2. The summed E-state index contributed by atoms with van der Waals surface area (Å²) in [4.78, 5) is 0. The summed E-state index contributed by atoms with van der Waals surface area (Å²) in [5, 5.41) is 0.648. The van der Waals surface area contributed by atoms with Gasteiger partial charge in [-0.15, -0.1) is 0 Å². The van der Waals surface area contributed by atoms with E-state index < -0.39 is 11.2 Å². The van der Waals surface area contributed by atoms with Crippen molar-refractivity contribution in [1.82, 2.24) is 0 Å². The van der Waals surface area contributed by atoms with E-state index in [0.29, 0.717) is 34.5 Å². The maximum atomic E-state index is 13.1. The first-order valence-corrected chi connectivity index (χ1v) is 9.35. The van der Waals surface area contributed by atoms with Gasteiger partial charge in [0, 0.05) is 25.7 Å². The van der Waals surface area contributed by atoms with Gasteiger partial charge in [0.05, 0.1) is 23.4 Å². The predicted molar refractivity (Wildman–Crippen MR) is 79.1 cm³/mol. The molecule has 0 radical (unpaired) electrons. The molecule has 20 heavy (non-hydrogen) atoms. The van der Waals surface area contributed by atoms with Crippen molar-refractivity contribution in [2.45, 2.75) is 87.3 Å². The zero-order valence-corrected chi connectivity index (χ0v) is 13.7. The lowest BCUT2D eigenvalue weighted by atomic mass is 9.83. The Morgan fingerprint density at radius 1 is 0.900 bits per heavy atom. The normalized spacial score (nSPS) is 62.2. The Bertz CT molecular complexity index is 392.